The van der Waals surface area contributed by atoms with Gasteiger partial charge in [-0.2, -0.15) is 0 Å². The van der Waals surface area contributed by atoms with Gasteiger partial charge in [0.1, 0.15) is 6.10 Å². The van der Waals surface area contributed by atoms with Gasteiger partial charge in [-0.3, -0.25) is 4.79 Å². The lowest BCUT2D eigenvalue weighted by Gasteiger charge is -2.54. The van der Waals surface area contributed by atoms with Crippen LogP contribution < -0.4 is 5.32 Å². The standard InChI is InChI=1S/C15H23NO2/c17-15(13-2-1-3-18-13)16-14-11-5-9-4-10(7-11)8-12(14)6-9/h9-14H,1-8H2,(H,16,17). The lowest BCUT2D eigenvalue weighted by Crippen LogP contribution is -2.57. The molecule has 4 bridgehead atoms. The van der Waals surface area contributed by atoms with Crippen LogP contribution in [-0.2, 0) is 9.53 Å². The molecule has 3 heteroatoms. The van der Waals surface area contributed by atoms with E-state index in [0.717, 1.165) is 43.1 Å². The lowest BCUT2D eigenvalue weighted by atomic mass is 9.54. The van der Waals surface area contributed by atoms with Crippen LogP contribution in [0.4, 0.5) is 0 Å². The van der Waals surface area contributed by atoms with Crippen molar-refractivity contribution in [1.82, 2.24) is 5.32 Å². The molecule has 1 heterocycles. The predicted octanol–water partition coefficient (Wildman–Crippen LogP) is 2.11. The molecule has 1 unspecified atom stereocenters. The number of carbonyl (C=O) groups excluding carboxylic acids is 1. The number of nitrogens with one attached hydrogen (secondary N) is 1. The number of hydrogen-bond acceptors (Lipinski definition) is 2. The normalized spacial score (nSPS) is 49.6. The summed E-state index contributed by atoms with van der Waals surface area (Å²) in [7, 11) is 0. The van der Waals surface area contributed by atoms with Crippen molar-refractivity contribution in [2.24, 2.45) is 23.7 Å². The van der Waals surface area contributed by atoms with Gasteiger partial charge in [0.05, 0.1) is 0 Å². The van der Waals surface area contributed by atoms with E-state index in [1.54, 1.807) is 0 Å². The van der Waals surface area contributed by atoms with E-state index < -0.39 is 0 Å². The van der Waals surface area contributed by atoms with E-state index >= 15 is 0 Å². The molecule has 0 aromatic heterocycles. The fraction of sp³-hybridized carbons (Fsp3) is 0.933. The van der Waals surface area contributed by atoms with Crippen LogP contribution in [0.2, 0.25) is 0 Å². The average Bonchev–Trinajstić information content (AvgIpc) is 2.86. The van der Waals surface area contributed by atoms with Crippen LogP contribution in [0.1, 0.15) is 44.9 Å². The second-order valence-corrected chi connectivity index (χ2v) is 6.97. The largest absolute Gasteiger partial charge is 0.368 e. The second-order valence-electron chi connectivity index (χ2n) is 6.97. The minimum Gasteiger partial charge on any atom is -0.368 e. The van der Waals surface area contributed by atoms with Crippen LogP contribution in [0.3, 0.4) is 0 Å². The van der Waals surface area contributed by atoms with Crippen LogP contribution in [0.5, 0.6) is 0 Å². The van der Waals surface area contributed by atoms with Gasteiger partial charge in [-0.15, -0.1) is 0 Å². The zero-order valence-corrected chi connectivity index (χ0v) is 10.9. The zero-order valence-electron chi connectivity index (χ0n) is 10.9. The Kier molecular flexibility index (Phi) is 2.65. The van der Waals surface area contributed by atoms with Crippen molar-refractivity contribution in [3.63, 3.8) is 0 Å². The maximum absolute atomic E-state index is 12.2. The van der Waals surface area contributed by atoms with Gasteiger partial charge in [0, 0.05) is 12.6 Å². The molecular weight excluding hydrogens is 226 g/mol. The van der Waals surface area contributed by atoms with Crippen LogP contribution in [0.15, 0.2) is 0 Å². The lowest BCUT2D eigenvalue weighted by molar-refractivity contribution is -0.134. The number of carbonyl (C=O) groups is 1. The third kappa shape index (κ3) is 1.78. The Labute approximate surface area is 109 Å². The topological polar surface area (TPSA) is 38.3 Å². The molecule has 100 valence electrons. The summed E-state index contributed by atoms with van der Waals surface area (Å²) in [6.07, 6.45) is 8.74. The maximum atomic E-state index is 12.2. The summed E-state index contributed by atoms with van der Waals surface area (Å²) in [6, 6.07) is 0.467. The molecule has 1 saturated heterocycles. The Morgan fingerprint density at radius 3 is 2.22 bits per heavy atom. The third-order valence-electron chi connectivity index (χ3n) is 5.76. The average molecular weight is 249 g/mol. The molecule has 4 saturated carbocycles. The summed E-state index contributed by atoms with van der Waals surface area (Å²) in [5.74, 6) is 3.66. The van der Waals surface area contributed by atoms with Crippen molar-refractivity contribution in [2.75, 3.05) is 6.61 Å². The number of hydrogen-bond donors (Lipinski definition) is 1. The van der Waals surface area contributed by atoms with Crippen molar-refractivity contribution in [2.45, 2.75) is 57.1 Å². The summed E-state index contributed by atoms with van der Waals surface area (Å²) in [6.45, 7) is 0.764. The Bertz CT molecular complexity index is 320. The van der Waals surface area contributed by atoms with Crippen molar-refractivity contribution in [1.29, 1.82) is 0 Å². The van der Waals surface area contributed by atoms with Gasteiger partial charge in [-0.05, 0) is 68.6 Å². The summed E-state index contributed by atoms with van der Waals surface area (Å²) in [5.41, 5.74) is 0. The molecule has 0 aromatic rings. The molecule has 1 atom stereocenters. The molecule has 1 amide bonds. The SMILES string of the molecule is O=C(NC1C2CC3CC(C2)CC1C3)C1CCCO1. The predicted molar refractivity (Wildman–Crippen MR) is 67.9 cm³/mol. The first-order chi connectivity index (χ1) is 8.79. The van der Waals surface area contributed by atoms with Crippen LogP contribution >= 0.6 is 0 Å². The molecule has 5 aliphatic rings. The Morgan fingerprint density at radius 2 is 1.67 bits per heavy atom. The fourth-order valence-corrected chi connectivity index (χ4v) is 5.20. The van der Waals surface area contributed by atoms with Gasteiger partial charge in [0.2, 0.25) is 5.91 Å². The van der Waals surface area contributed by atoms with E-state index in [1.807, 2.05) is 0 Å². The Balaban J connectivity index is 1.44. The number of rotatable bonds is 2. The summed E-state index contributed by atoms with van der Waals surface area (Å²) >= 11 is 0. The van der Waals surface area contributed by atoms with E-state index in [2.05, 4.69) is 5.32 Å². The van der Waals surface area contributed by atoms with Gasteiger partial charge in [0.25, 0.3) is 0 Å². The highest BCUT2D eigenvalue weighted by Gasteiger charge is 2.49. The molecule has 5 rings (SSSR count). The summed E-state index contributed by atoms with van der Waals surface area (Å²) in [5, 5.41) is 3.34. The fourth-order valence-electron chi connectivity index (χ4n) is 5.20. The first-order valence-electron chi connectivity index (χ1n) is 7.71. The highest BCUT2D eigenvalue weighted by atomic mass is 16.5. The van der Waals surface area contributed by atoms with Crippen molar-refractivity contribution < 1.29 is 9.53 Å². The van der Waals surface area contributed by atoms with E-state index in [9.17, 15) is 4.79 Å². The molecule has 4 aliphatic carbocycles. The third-order valence-corrected chi connectivity index (χ3v) is 5.76. The second kappa shape index (κ2) is 4.22. The van der Waals surface area contributed by atoms with Crippen LogP contribution in [-0.4, -0.2) is 24.7 Å². The highest BCUT2D eigenvalue weighted by Crippen LogP contribution is 2.53. The molecule has 0 aromatic carbocycles. The van der Waals surface area contributed by atoms with E-state index in [0.29, 0.717) is 6.04 Å². The molecule has 1 N–H and O–H groups in total. The van der Waals surface area contributed by atoms with Gasteiger partial charge >= 0.3 is 0 Å². The number of amides is 1. The number of ether oxygens (including phenoxy) is 1. The van der Waals surface area contributed by atoms with Crippen LogP contribution in [0.25, 0.3) is 0 Å². The molecule has 3 nitrogen and oxygen atoms in total. The van der Waals surface area contributed by atoms with Crippen molar-refractivity contribution >= 4 is 5.91 Å². The molecule has 1 aliphatic heterocycles. The molecular formula is C15H23NO2. The highest BCUT2D eigenvalue weighted by molar-refractivity contribution is 5.81. The Hall–Kier alpha value is -0.570. The minimum atomic E-state index is -0.151. The van der Waals surface area contributed by atoms with Crippen molar-refractivity contribution in [3.05, 3.63) is 0 Å². The molecule has 0 spiro atoms. The van der Waals surface area contributed by atoms with Crippen molar-refractivity contribution in [3.8, 4) is 0 Å². The van der Waals surface area contributed by atoms with Gasteiger partial charge < -0.3 is 10.1 Å². The van der Waals surface area contributed by atoms with Gasteiger partial charge in [0.15, 0.2) is 0 Å². The minimum absolute atomic E-state index is 0.151. The van der Waals surface area contributed by atoms with E-state index in [4.69, 9.17) is 4.74 Å². The maximum Gasteiger partial charge on any atom is 0.249 e. The van der Waals surface area contributed by atoms with Gasteiger partial charge in [-0.1, -0.05) is 0 Å². The zero-order chi connectivity index (χ0) is 12.1. The quantitative estimate of drug-likeness (QED) is 0.814. The smallest absolute Gasteiger partial charge is 0.249 e. The first kappa shape index (κ1) is 11.3. The van der Waals surface area contributed by atoms with E-state index in [-0.39, 0.29) is 12.0 Å². The Morgan fingerprint density at radius 1 is 1.00 bits per heavy atom. The molecule has 0 radical (unpaired) electrons. The van der Waals surface area contributed by atoms with Crippen LogP contribution in [0, 0.1) is 23.7 Å². The van der Waals surface area contributed by atoms with Gasteiger partial charge in [-0.25, -0.2) is 0 Å². The summed E-state index contributed by atoms with van der Waals surface area (Å²) in [4.78, 5) is 12.2. The monoisotopic (exact) mass is 249 g/mol. The molecule has 18 heavy (non-hydrogen) atoms. The first-order valence-corrected chi connectivity index (χ1v) is 7.71. The summed E-state index contributed by atoms with van der Waals surface area (Å²) < 4.78 is 5.50. The molecule has 5 fully saturated rings. The van der Waals surface area contributed by atoms with E-state index in [1.165, 1.54) is 32.1 Å².